The van der Waals surface area contributed by atoms with Crippen molar-refractivity contribution in [3.63, 3.8) is 0 Å². The predicted octanol–water partition coefficient (Wildman–Crippen LogP) is 2.04. The van der Waals surface area contributed by atoms with Crippen LogP contribution in [0.2, 0.25) is 0 Å². The molecule has 3 nitrogen and oxygen atoms in total. The van der Waals surface area contributed by atoms with Crippen LogP contribution >= 0.6 is 0 Å². The van der Waals surface area contributed by atoms with Crippen molar-refractivity contribution in [2.45, 2.75) is 43.8 Å². The second-order valence-electron chi connectivity index (χ2n) is 5.81. The molecule has 19 heavy (non-hydrogen) atoms. The van der Waals surface area contributed by atoms with Crippen molar-refractivity contribution in [3.8, 4) is 0 Å². The highest BCUT2D eigenvalue weighted by atomic mass is 32.2. The number of hydrogen-bond donors (Lipinski definition) is 1. The average Bonchev–Trinajstić information content (AvgIpc) is 2.76. The van der Waals surface area contributed by atoms with Gasteiger partial charge in [-0.1, -0.05) is 24.3 Å². The maximum Gasteiger partial charge on any atom is 0.152 e. The molecule has 0 amide bonds. The van der Waals surface area contributed by atoms with Gasteiger partial charge in [-0.25, -0.2) is 8.42 Å². The molecule has 0 radical (unpaired) electrons. The molecule has 1 aliphatic carbocycles. The van der Waals surface area contributed by atoms with Crippen LogP contribution in [0.4, 0.5) is 0 Å². The summed E-state index contributed by atoms with van der Waals surface area (Å²) in [4.78, 5) is 0. The fourth-order valence-electron chi connectivity index (χ4n) is 2.91. The summed E-state index contributed by atoms with van der Waals surface area (Å²) in [6, 6.07) is 8.29. The summed E-state index contributed by atoms with van der Waals surface area (Å²) < 4.78 is 24.0. The van der Waals surface area contributed by atoms with E-state index in [1.54, 1.807) is 13.8 Å². The van der Waals surface area contributed by atoms with Crippen molar-refractivity contribution >= 4 is 9.84 Å². The van der Waals surface area contributed by atoms with Crippen molar-refractivity contribution in [1.29, 1.82) is 0 Å². The van der Waals surface area contributed by atoms with E-state index in [1.807, 2.05) is 12.1 Å². The summed E-state index contributed by atoms with van der Waals surface area (Å²) in [5.74, 6) is 0.232. The van der Waals surface area contributed by atoms with Crippen LogP contribution in [0.25, 0.3) is 0 Å². The number of benzene rings is 1. The Kier molecular flexibility index (Phi) is 4.02. The lowest BCUT2D eigenvalue weighted by molar-refractivity contribution is 0.418. The Bertz CT molecular complexity index is 551. The number of hydrogen-bond acceptors (Lipinski definition) is 3. The van der Waals surface area contributed by atoms with Crippen molar-refractivity contribution in [3.05, 3.63) is 35.4 Å². The van der Waals surface area contributed by atoms with E-state index < -0.39 is 9.84 Å². The predicted molar refractivity (Wildman–Crippen MR) is 79.0 cm³/mol. The zero-order chi connectivity index (χ0) is 14.1. The summed E-state index contributed by atoms with van der Waals surface area (Å²) in [7, 11) is -2.99. The molecule has 0 bridgehead atoms. The molecule has 0 spiro atoms. The first-order chi connectivity index (χ1) is 8.91. The quantitative estimate of drug-likeness (QED) is 0.898. The highest BCUT2D eigenvalue weighted by Gasteiger charge is 2.38. The molecule has 2 N–H and O–H groups in total. The van der Waals surface area contributed by atoms with Gasteiger partial charge in [-0.15, -0.1) is 0 Å². The van der Waals surface area contributed by atoms with Crippen LogP contribution in [0.5, 0.6) is 0 Å². The zero-order valence-electron chi connectivity index (χ0n) is 11.7. The fraction of sp³-hybridized carbons (Fsp3) is 0.600. The van der Waals surface area contributed by atoms with Crippen LogP contribution in [-0.2, 0) is 21.7 Å². The van der Waals surface area contributed by atoms with Crippen molar-refractivity contribution < 1.29 is 8.42 Å². The van der Waals surface area contributed by atoms with Crippen molar-refractivity contribution in [2.24, 2.45) is 5.73 Å². The lowest BCUT2D eigenvalue weighted by Crippen LogP contribution is -2.35. The Morgan fingerprint density at radius 1 is 1.32 bits per heavy atom. The van der Waals surface area contributed by atoms with E-state index in [9.17, 15) is 8.42 Å². The molecule has 0 heterocycles. The minimum Gasteiger partial charge on any atom is -0.330 e. The van der Waals surface area contributed by atoms with Gasteiger partial charge in [0.25, 0.3) is 0 Å². The highest BCUT2D eigenvalue weighted by Crippen LogP contribution is 2.41. The van der Waals surface area contributed by atoms with E-state index >= 15 is 0 Å². The van der Waals surface area contributed by atoms with Crippen LogP contribution in [0.1, 0.15) is 37.8 Å². The first kappa shape index (κ1) is 14.5. The summed E-state index contributed by atoms with van der Waals surface area (Å²) in [6.07, 6.45) is 2.62. The van der Waals surface area contributed by atoms with Gasteiger partial charge in [0.15, 0.2) is 9.84 Å². The Hall–Kier alpha value is -0.870. The van der Waals surface area contributed by atoms with Gasteiger partial charge in [-0.05, 0) is 44.2 Å². The maximum atomic E-state index is 12.0. The van der Waals surface area contributed by atoms with Crippen LogP contribution < -0.4 is 5.73 Å². The molecule has 0 aliphatic heterocycles. The second-order valence-corrected chi connectivity index (χ2v) is 8.48. The summed E-state index contributed by atoms with van der Waals surface area (Å²) >= 11 is 0. The molecular formula is C15H23NO2S. The van der Waals surface area contributed by atoms with Gasteiger partial charge < -0.3 is 5.73 Å². The van der Waals surface area contributed by atoms with Crippen molar-refractivity contribution in [2.75, 3.05) is 12.3 Å². The molecule has 1 unspecified atom stereocenters. The molecule has 0 fully saturated rings. The Balaban J connectivity index is 2.23. The number of nitrogens with two attached hydrogens (primary N) is 1. The lowest BCUT2D eigenvalue weighted by Gasteiger charge is -2.29. The molecule has 0 saturated heterocycles. The monoisotopic (exact) mass is 281 g/mol. The molecule has 0 saturated carbocycles. The zero-order valence-corrected chi connectivity index (χ0v) is 12.5. The van der Waals surface area contributed by atoms with E-state index in [0.29, 0.717) is 13.0 Å². The smallest absolute Gasteiger partial charge is 0.152 e. The summed E-state index contributed by atoms with van der Waals surface area (Å²) in [6.45, 7) is 4.01. The van der Waals surface area contributed by atoms with Gasteiger partial charge in [0.2, 0.25) is 0 Å². The van der Waals surface area contributed by atoms with Gasteiger partial charge in [-0.3, -0.25) is 0 Å². The highest BCUT2D eigenvalue weighted by molar-refractivity contribution is 7.91. The van der Waals surface area contributed by atoms with Gasteiger partial charge in [0.1, 0.15) is 0 Å². The van der Waals surface area contributed by atoms with Crippen molar-refractivity contribution in [1.82, 2.24) is 0 Å². The van der Waals surface area contributed by atoms with E-state index in [2.05, 4.69) is 12.1 Å². The fourth-order valence-corrected chi connectivity index (χ4v) is 4.06. The van der Waals surface area contributed by atoms with Crippen LogP contribution in [0.3, 0.4) is 0 Å². The summed E-state index contributed by atoms with van der Waals surface area (Å²) in [5, 5.41) is -0.307. The largest absolute Gasteiger partial charge is 0.330 e. The normalized spacial score (nSPS) is 22.7. The minimum absolute atomic E-state index is 0.140. The minimum atomic E-state index is -2.99. The van der Waals surface area contributed by atoms with Gasteiger partial charge in [-0.2, -0.15) is 0 Å². The molecular weight excluding hydrogens is 258 g/mol. The Morgan fingerprint density at radius 3 is 2.63 bits per heavy atom. The molecule has 1 aromatic carbocycles. The van der Waals surface area contributed by atoms with Crippen LogP contribution in [0.15, 0.2) is 24.3 Å². The van der Waals surface area contributed by atoms with E-state index in [1.165, 1.54) is 11.1 Å². The number of sulfone groups is 1. The number of fused-ring (bicyclic) bond motifs is 1. The maximum absolute atomic E-state index is 12.0. The van der Waals surface area contributed by atoms with E-state index in [-0.39, 0.29) is 16.4 Å². The first-order valence-electron chi connectivity index (χ1n) is 6.91. The summed E-state index contributed by atoms with van der Waals surface area (Å²) in [5.41, 5.74) is 8.44. The third-order valence-electron chi connectivity index (χ3n) is 4.44. The third-order valence-corrected chi connectivity index (χ3v) is 6.65. The molecule has 1 aliphatic rings. The number of rotatable bonds is 5. The second kappa shape index (κ2) is 5.25. The Morgan fingerprint density at radius 2 is 2.00 bits per heavy atom. The topological polar surface area (TPSA) is 60.2 Å². The standard InChI is InChI=1S/C15H23NO2S/c1-12(2)19(17,18)10-9-15(11-16)8-7-13-5-3-4-6-14(13)15/h3-6,12H,7-11,16H2,1-2H3. The Labute approximate surface area is 116 Å². The molecule has 2 rings (SSSR count). The first-order valence-corrected chi connectivity index (χ1v) is 8.63. The molecule has 0 aromatic heterocycles. The van der Waals surface area contributed by atoms with Crippen LogP contribution in [0, 0.1) is 0 Å². The number of aryl methyl sites for hydroxylation is 1. The van der Waals surface area contributed by atoms with Crippen LogP contribution in [-0.4, -0.2) is 26.0 Å². The molecule has 1 aromatic rings. The lowest BCUT2D eigenvalue weighted by atomic mass is 9.79. The molecule has 4 heteroatoms. The SMILES string of the molecule is CC(C)S(=O)(=O)CCC1(CN)CCc2ccccc21. The van der Waals surface area contributed by atoms with E-state index in [4.69, 9.17) is 5.73 Å². The third kappa shape index (κ3) is 2.70. The van der Waals surface area contributed by atoms with Gasteiger partial charge >= 0.3 is 0 Å². The average molecular weight is 281 g/mol. The van der Waals surface area contributed by atoms with Gasteiger partial charge in [0.05, 0.1) is 11.0 Å². The molecule has 1 atom stereocenters. The molecule has 106 valence electrons. The van der Waals surface area contributed by atoms with Gasteiger partial charge in [0, 0.05) is 12.0 Å². The van der Waals surface area contributed by atoms with E-state index in [0.717, 1.165) is 12.8 Å².